The van der Waals surface area contributed by atoms with E-state index in [1.54, 1.807) is 6.07 Å². The molecule has 2 atom stereocenters. The maximum atomic E-state index is 14.0. The standard InChI is InChI=1S/C19H29FN2O/c1-14-6-7-16-17(4-2-5-18(16)20)19(14)21-10-3-11-22-12-8-15(23)9-13-22/h2,4-5,14-15,19,21,23H,3,6-13H2,1H3. The molecule has 1 saturated heterocycles. The third-order valence-corrected chi connectivity index (χ3v) is 5.48. The number of fused-ring (bicyclic) bond motifs is 1. The van der Waals surface area contributed by atoms with Crippen molar-refractivity contribution in [2.75, 3.05) is 26.2 Å². The largest absolute Gasteiger partial charge is 0.393 e. The topological polar surface area (TPSA) is 35.5 Å². The van der Waals surface area contributed by atoms with Crippen LogP contribution in [0.2, 0.25) is 0 Å². The minimum absolute atomic E-state index is 0.0481. The van der Waals surface area contributed by atoms with E-state index >= 15 is 0 Å². The van der Waals surface area contributed by atoms with E-state index in [0.29, 0.717) is 5.92 Å². The molecule has 0 bridgehead atoms. The maximum absolute atomic E-state index is 14.0. The van der Waals surface area contributed by atoms with E-state index in [4.69, 9.17) is 0 Å². The number of nitrogens with one attached hydrogen (secondary N) is 1. The van der Waals surface area contributed by atoms with Crippen LogP contribution in [-0.4, -0.2) is 42.3 Å². The number of likely N-dealkylation sites (tertiary alicyclic amines) is 1. The predicted octanol–water partition coefficient (Wildman–Crippen LogP) is 2.89. The summed E-state index contributed by atoms with van der Waals surface area (Å²) in [5.74, 6) is 0.502. The highest BCUT2D eigenvalue weighted by Gasteiger charge is 2.27. The van der Waals surface area contributed by atoms with Crippen LogP contribution in [0.3, 0.4) is 0 Å². The summed E-state index contributed by atoms with van der Waals surface area (Å²) < 4.78 is 14.0. The van der Waals surface area contributed by atoms with Gasteiger partial charge in [0.2, 0.25) is 0 Å². The Morgan fingerprint density at radius 2 is 2.04 bits per heavy atom. The Balaban J connectivity index is 1.49. The quantitative estimate of drug-likeness (QED) is 0.819. The first-order valence-corrected chi connectivity index (χ1v) is 9.06. The van der Waals surface area contributed by atoms with E-state index in [1.807, 2.05) is 6.07 Å². The summed E-state index contributed by atoms with van der Waals surface area (Å²) in [6, 6.07) is 5.77. The second-order valence-electron chi connectivity index (χ2n) is 7.18. The number of piperidine rings is 1. The van der Waals surface area contributed by atoms with Crippen molar-refractivity contribution >= 4 is 0 Å². The van der Waals surface area contributed by atoms with E-state index in [9.17, 15) is 9.50 Å². The Labute approximate surface area is 138 Å². The molecule has 0 spiro atoms. The fourth-order valence-electron chi connectivity index (χ4n) is 3.99. The molecule has 3 rings (SSSR count). The number of nitrogens with zero attached hydrogens (tertiary/aromatic N) is 1. The van der Waals surface area contributed by atoms with Gasteiger partial charge in [0.15, 0.2) is 0 Å². The number of rotatable bonds is 5. The molecule has 3 nitrogen and oxygen atoms in total. The average molecular weight is 320 g/mol. The van der Waals surface area contributed by atoms with Crippen molar-refractivity contribution in [3.05, 3.63) is 35.1 Å². The molecule has 0 aromatic heterocycles. The van der Waals surface area contributed by atoms with Crippen molar-refractivity contribution in [1.82, 2.24) is 10.2 Å². The molecular weight excluding hydrogens is 291 g/mol. The Hall–Kier alpha value is -0.970. The van der Waals surface area contributed by atoms with Crippen LogP contribution in [0.4, 0.5) is 4.39 Å². The molecule has 1 fully saturated rings. The summed E-state index contributed by atoms with van der Waals surface area (Å²) in [4.78, 5) is 2.44. The number of aliphatic hydroxyl groups excluding tert-OH is 1. The Kier molecular flexibility index (Phi) is 5.67. The van der Waals surface area contributed by atoms with Gasteiger partial charge < -0.3 is 15.3 Å². The SMILES string of the molecule is CC1CCc2c(F)cccc2C1NCCCN1CCC(O)CC1. The summed E-state index contributed by atoms with van der Waals surface area (Å²) in [5, 5.41) is 13.2. The van der Waals surface area contributed by atoms with Gasteiger partial charge in [-0.25, -0.2) is 4.39 Å². The van der Waals surface area contributed by atoms with Gasteiger partial charge in [0.05, 0.1) is 6.10 Å². The lowest BCUT2D eigenvalue weighted by Gasteiger charge is -2.33. The van der Waals surface area contributed by atoms with E-state index in [1.165, 1.54) is 0 Å². The van der Waals surface area contributed by atoms with Gasteiger partial charge in [-0.1, -0.05) is 19.1 Å². The van der Waals surface area contributed by atoms with E-state index in [2.05, 4.69) is 23.2 Å². The van der Waals surface area contributed by atoms with Crippen LogP contribution in [0, 0.1) is 11.7 Å². The van der Waals surface area contributed by atoms with Crippen LogP contribution < -0.4 is 5.32 Å². The highest BCUT2D eigenvalue weighted by Crippen LogP contribution is 2.35. The maximum Gasteiger partial charge on any atom is 0.126 e. The zero-order valence-corrected chi connectivity index (χ0v) is 14.1. The molecular formula is C19H29FN2O. The van der Waals surface area contributed by atoms with Crippen molar-refractivity contribution < 1.29 is 9.50 Å². The van der Waals surface area contributed by atoms with Crippen LogP contribution >= 0.6 is 0 Å². The number of halogens is 1. The smallest absolute Gasteiger partial charge is 0.126 e. The van der Waals surface area contributed by atoms with Gasteiger partial charge in [-0.3, -0.25) is 0 Å². The van der Waals surface area contributed by atoms with Crippen LogP contribution in [-0.2, 0) is 6.42 Å². The zero-order valence-electron chi connectivity index (χ0n) is 14.1. The second-order valence-corrected chi connectivity index (χ2v) is 7.18. The lowest BCUT2D eigenvalue weighted by Crippen LogP contribution is -2.38. The summed E-state index contributed by atoms with van der Waals surface area (Å²) in [6.45, 7) is 6.32. The first-order chi connectivity index (χ1) is 11.1. The van der Waals surface area contributed by atoms with Crippen LogP contribution in [0.1, 0.15) is 49.8 Å². The molecule has 0 saturated carbocycles. The van der Waals surface area contributed by atoms with E-state index in [-0.39, 0.29) is 18.0 Å². The molecule has 0 radical (unpaired) electrons. The minimum Gasteiger partial charge on any atom is -0.393 e. The second kappa shape index (κ2) is 7.73. The first-order valence-electron chi connectivity index (χ1n) is 9.06. The Morgan fingerprint density at radius 1 is 1.26 bits per heavy atom. The van der Waals surface area contributed by atoms with Crippen molar-refractivity contribution in [3.8, 4) is 0 Å². The molecule has 128 valence electrons. The van der Waals surface area contributed by atoms with Crippen molar-refractivity contribution in [2.24, 2.45) is 5.92 Å². The van der Waals surface area contributed by atoms with Gasteiger partial charge in [0.1, 0.15) is 5.82 Å². The number of benzene rings is 1. The molecule has 2 N–H and O–H groups in total. The van der Waals surface area contributed by atoms with Crippen molar-refractivity contribution in [2.45, 2.75) is 51.2 Å². The molecule has 23 heavy (non-hydrogen) atoms. The zero-order chi connectivity index (χ0) is 16.2. The van der Waals surface area contributed by atoms with Crippen molar-refractivity contribution in [3.63, 3.8) is 0 Å². The predicted molar refractivity (Wildman–Crippen MR) is 90.9 cm³/mol. The lowest BCUT2D eigenvalue weighted by atomic mass is 9.80. The summed E-state index contributed by atoms with van der Waals surface area (Å²) in [6.07, 6.45) is 4.72. The van der Waals surface area contributed by atoms with Crippen LogP contribution in [0.15, 0.2) is 18.2 Å². The number of hydrogen-bond donors (Lipinski definition) is 2. The number of aliphatic hydroxyl groups is 1. The van der Waals surface area contributed by atoms with Gasteiger partial charge in [-0.2, -0.15) is 0 Å². The first kappa shape index (κ1) is 16.9. The fourth-order valence-corrected chi connectivity index (χ4v) is 3.99. The molecule has 1 heterocycles. The van der Waals surface area contributed by atoms with E-state index < -0.39 is 0 Å². The summed E-state index contributed by atoms with van der Waals surface area (Å²) in [7, 11) is 0. The highest BCUT2D eigenvalue weighted by atomic mass is 19.1. The summed E-state index contributed by atoms with van der Waals surface area (Å²) in [5.41, 5.74) is 2.07. The third-order valence-electron chi connectivity index (χ3n) is 5.48. The molecule has 2 aliphatic rings. The Morgan fingerprint density at radius 3 is 2.83 bits per heavy atom. The monoisotopic (exact) mass is 320 g/mol. The minimum atomic E-state index is -0.0983. The molecule has 1 aliphatic carbocycles. The summed E-state index contributed by atoms with van der Waals surface area (Å²) >= 11 is 0. The van der Waals surface area contributed by atoms with Gasteiger partial charge in [-0.05, 0) is 68.3 Å². The van der Waals surface area contributed by atoms with Crippen LogP contribution in [0.25, 0.3) is 0 Å². The fraction of sp³-hybridized carbons (Fsp3) is 0.684. The van der Waals surface area contributed by atoms with E-state index in [0.717, 1.165) is 69.4 Å². The molecule has 0 amide bonds. The molecule has 2 unspecified atom stereocenters. The molecule has 4 heteroatoms. The van der Waals surface area contributed by atoms with Gasteiger partial charge >= 0.3 is 0 Å². The number of hydrogen-bond acceptors (Lipinski definition) is 3. The van der Waals surface area contributed by atoms with Crippen LogP contribution in [0.5, 0.6) is 0 Å². The van der Waals surface area contributed by atoms with Gasteiger partial charge in [0, 0.05) is 19.1 Å². The third kappa shape index (κ3) is 4.11. The van der Waals surface area contributed by atoms with Crippen molar-refractivity contribution in [1.29, 1.82) is 0 Å². The highest BCUT2D eigenvalue weighted by molar-refractivity contribution is 5.34. The normalized spacial score (nSPS) is 26.2. The Bertz CT molecular complexity index is 514. The van der Waals surface area contributed by atoms with Gasteiger partial charge in [-0.15, -0.1) is 0 Å². The lowest BCUT2D eigenvalue weighted by molar-refractivity contribution is 0.0819. The molecule has 1 aromatic carbocycles. The molecule has 1 aliphatic heterocycles. The average Bonchev–Trinajstić information content (AvgIpc) is 2.55. The molecule has 1 aromatic rings. The van der Waals surface area contributed by atoms with Gasteiger partial charge in [0.25, 0.3) is 0 Å².